The maximum atomic E-state index is 12.5. The van der Waals surface area contributed by atoms with E-state index < -0.39 is 0 Å². The Morgan fingerprint density at radius 2 is 1.87 bits per heavy atom. The molecule has 0 fully saturated rings. The Kier molecular flexibility index (Phi) is 8.26. The summed E-state index contributed by atoms with van der Waals surface area (Å²) in [5.74, 6) is 0.489. The number of nitrogens with zero attached hydrogens (tertiary/aromatic N) is 1. The highest BCUT2D eigenvalue weighted by molar-refractivity contribution is 7.99. The minimum Gasteiger partial charge on any atom is -0.355 e. The van der Waals surface area contributed by atoms with Gasteiger partial charge in [0.2, 0.25) is 5.91 Å². The van der Waals surface area contributed by atoms with Crippen LogP contribution in [0.2, 0.25) is 10.0 Å². The molecule has 1 N–H and O–H groups in total. The molecule has 1 atom stereocenters. The monoisotopic (exact) mass is 474 g/mol. The first-order valence-corrected chi connectivity index (χ1v) is 12.3. The van der Waals surface area contributed by atoms with Crippen molar-refractivity contribution in [2.45, 2.75) is 51.5 Å². The third-order valence-corrected chi connectivity index (χ3v) is 6.84. The fraction of sp³-hybridized carbons (Fsp3) is 0.360. The molecular weight excluding hydrogens is 447 g/mol. The standard InChI is InChI=1S/C25H28Cl2N2OS/c1-5-6-18(20-8-7-19(26)12-22(20)27)13-28-23(30)14-31-24-11-16(3)21-10-15(2)9-17(4)25(21)29-24/h7-12,18H,5-6,13-14H2,1-4H3,(H,28,30)/t18-/m0/s1. The summed E-state index contributed by atoms with van der Waals surface area (Å²) in [5.41, 5.74) is 5.61. The highest BCUT2D eigenvalue weighted by Crippen LogP contribution is 2.30. The average molecular weight is 475 g/mol. The molecule has 0 saturated carbocycles. The smallest absolute Gasteiger partial charge is 0.230 e. The molecule has 0 unspecified atom stereocenters. The fourth-order valence-corrected chi connectivity index (χ4v) is 5.22. The van der Waals surface area contributed by atoms with Gasteiger partial charge < -0.3 is 5.32 Å². The molecule has 2 aromatic carbocycles. The zero-order valence-electron chi connectivity index (χ0n) is 18.4. The Morgan fingerprint density at radius 3 is 2.58 bits per heavy atom. The number of amides is 1. The topological polar surface area (TPSA) is 42.0 Å². The molecule has 1 aromatic heterocycles. The van der Waals surface area contributed by atoms with Crippen molar-refractivity contribution < 1.29 is 4.79 Å². The largest absolute Gasteiger partial charge is 0.355 e. The first-order valence-electron chi connectivity index (χ1n) is 10.5. The number of halogens is 2. The van der Waals surface area contributed by atoms with Crippen molar-refractivity contribution in [1.29, 1.82) is 0 Å². The third-order valence-electron chi connectivity index (χ3n) is 5.37. The molecule has 3 rings (SSSR count). The minimum atomic E-state index is -0.00336. The molecule has 0 aliphatic heterocycles. The van der Waals surface area contributed by atoms with Gasteiger partial charge in [0.1, 0.15) is 0 Å². The molecule has 0 radical (unpaired) electrons. The highest BCUT2D eigenvalue weighted by Gasteiger charge is 2.16. The van der Waals surface area contributed by atoms with E-state index in [1.54, 1.807) is 6.07 Å². The van der Waals surface area contributed by atoms with Gasteiger partial charge in [-0.05, 0) is 68.1 Å². The van der Waals surface area contributed by atoms with E-state index in [2.05, 4.69) is 51.2 Å². The fourth-order valence-electron chi connectivity index (χ4n) is 3.86. The summed E-state index contributed by atoms with van der Waals surface area (Å²) in [6, 6.07) is 11.9. The normalized spacial score (nSPS) is 12.2. The number of thioether (sulfide) groups is 1. The second-order valence-corrected chi connectivity index (χ2v) is 9.84. The molecule has 164 valence electrons. The van der Waals surface area contributed by atoms with Crippen LogP contribution in [-0.2, 0) is 4.79 Å². The number of aryl methyl sites for hydroxylation is 3. The summed E-state index contributed by atoms with van der Waals surface area (Å²) in [6.45, 7) is 8.96. The van der Waals surface area contributed by atoms with Crippen molar-refractivity contribution >= 4 is 51.8 Å². The summed E-state index contributed by atoms with van der Waals surface area (Å²) >= 11 is 13.9. The number of hydrogen-bond acceptors (Lipinski definition) is 3. The van der Waals surface area contributed by atoms with Crippen molar-refractivity contribution in [3.8, 4) is 0 Å². The number of hydrogen-bond donors (Lipinski definition) is 1. The lowest BCUT2D eigenvalue weighted by atomic mass is 9.94. The number of carbonyl (C=O) groups excluding carboxylic acids is 1. The van der Waals surface area contributed by atoms with Gasteiger partial charge in [0.15, 0.2) is 0 Å². The molecule has 1 amide bonds. The van der Waals surface area contributed by atoms with Crippen LogP contribution in [0.25, 0.3) is 10.9 Å². The Labute approximate surface area is 198 Å². The van der Waals surface area contributed by atoms with Crippen molar-refractivity contribution in [2.75, 3.05) is 12.3 Å². The van der Waals surface area contributed by atoms with Gasteiger partial charge in [-0.3, -0.25) is 4.79 Å². The Bertz CT molecular complexity index is 1100. The van der Waals surface area contributed by atoms with Crippen LogP contribution in [-0.4, -0.2) is 23.2 Å². The van der Waals surface area contributed by atoms with E-state index in [9.17, 15) is 4.79 Å². The van der Waals surface area contributed by atoms with Gasteiger partial charge in [-0.2, -0.15) is 0 Å². The predicted molar refractivity (Wildman–Crippen MR) is 134 cm³/mol. The number of nitrogens with one attached hydrogen (secondary N) is 1. The van der Waals surface area contributed by atoms with Crippen molar-refractivity contribution in [3.05, 3.63) is 68.7 Å². The van der Waals surface area contributed by atoms with E-state index in [1.807, 2.05) is 12.1 Å². The molecule has 0 bridgehead atoms. The van der Waals surface area contributed by atoms with E-state index in [0.29, 0.717) is 22.3 Å². The molecule has 3 nitrogen and oxygen atoms in total. The van der Waals surface area contributed by atoms with Crippen LogP contribution in [0.5, 0.6) is 0 Å². The van der Waals surface area contributed by atoms with Gasteiger partial charge in [0.25, 0.3) is 0 Å². The maximum Gasteiger partial charge on any atom is 0.230 e. The van der Waals surface area contributed by atoms with Crippen LogP contribution in [0.15, 0.2) is 41.4 Å². The van der Waals surface area contributed by atoms with E-state index in [0.717, 1.165) is 34.5 Å². The summed E-state index contributed by atoms with van der Waals surface area (Å²) in [5, 5.41) is 6.38. The lowest BCUT2D eigenvalue weighted by Gasteiger charge is -2.19. The molecule has 0 saturated heterocycles. The highest BCUT2D eigenvalue weighted by atomic mass is 35.5. The summed E-state index contributed by atoms with van der Waals surface area (Å²) < 4.78 is 0. The second-order valence-electron chi connectivity index (χ2n) is 8.00. The minimum absolute atomic E-state index is 0.00336. The summed E-state index contributed by atoms with van der Waals surface area (Å²) in [6.07, 6.45) is 1.95. The van der Waals surface area contributed by atoms with Crippen LogP contribution in [0.3, 0.4) is 0 Å². The van der Waals surface area contributed by atoms with Crippen LogP contribution in [0, 0.1) is 20.8 Å². The van der Waals surface area contributed by atoms with Crippen molar-refractivity contribution in [2.24, 2.45) is 0 Å². The predicted octanol–water partition coefficient (Wildman–Crippen LogP) is 7.26. The Hall–Kier alpha value is -1.75. The molecule has 0 aliphatic rings. The number of fused-ring (bicyclic) bond motifs is 1. The van der Waals surface area contributed by atoms with Gasteiger partial charge in [0, 0.05) is 27.9 Å². The van der Waals surface area contributed by atoms with Crippen molar-refractivity contribution in [3.63, 3.8) is 0 Å². The van der Waals surface area contributed by atoms with Crippen LogP contribution < -0.4 is 5.32 Å². The number of rotatable bonds is 8. The molecule has 0 aliphatic carbocycles. The van der Waals surface area contributed by atoms with Gasteiger partial charge >= 0.3 is 0 Å². The lowest BCUT2D eigenvalue weighted by molar-refractivity contribution is -0.118. The number of aromatic nitrogens is 1. The van der Waals surface area contributed by atoms with E-state index >= 15 is 0 Å². The quantitative estimate of drug-likeness (QED) is 0.349. The Balaban J connectivity index is 1.64. The molecule has 3 aromatic rings. The first-order chi connectivity index (χ1) is 14.8. The number of carbonyl (C=O) groups is 1. The molecule has 6 heteroatoms. The maximum absolute atomic E-state index is 12.5. The van der Waals surface area contributed by atoms with E-state index in [-0.39, 0.29) is 11.8 Å². The second kappa shape index (κ2) is 10.7. The lowest BCUT2D eigenvalue weighted by Crippen LogP contribution is -2.30. The van der Waals surface area contributed by atoms with Gasteiger partial charge in [-0.25, -0.2) is 4.98 Å². The zero-order chi connectivity index (χ0) is 22.5. The third kappa shape index (κ3) is 6.15. The van der Waals surface area contributed by atoms with E-state index in [1.165, 1.54) is 28.3 Å². The summed E-state index contributed by atoms with van der Waals surface area (Å²) in [7, 11) is 0. The van der Waals surface area contributed by atoms with E-state index in [4.69, 9.17) is 28.2 Å². The molecule has 1 heterocycles. The summed E-state index contributed by atoms with van der Waals surface area (Å²) in [4.78, 5) is 17.3. The van der Waals surface area contributed by atoms with Crippen LogP contribution in [0.4, 0.5) is 0 Å². The molecule has 31 heavy (non-hydrogen) atoms. The zero-order valence-corrected chi connectivity index (χ0v) is 20.7. The molecular formula is C25H28Cl2N2OS. The van der Waals surface area contributed by atoms with Gasteiger partial charge in [-0.15, -0.1) is 0 Å². The Morgan fingerprint density at radius 1 is 1.10 bits per heavy atom. The number of benzene rings is 2. The SMILES string of the molecule is CCC[C@@H](CNC(=O)CSc1cc(C)c2cc(C)cc(C)c2n1)c1ccc(Cl)cc1Cl. The first kappa shape index (κ1) is 23.9. The average Bonchev–Trinajstić information content (AvgIpc) is 2.71. The van der Waals surface area contributed by atoms with Gasteiger partial charge in [-0.1, -0.05) is 66.0 Å². The van der Waals surface area contributed by atoms with Crippen molar-refractivity contribution in [1.82, 2.24) is 10.3 Å². The van der Waals surface area contributed by atoms with Gasteiger partial charge in [0.05, 0.1) is 16.3 Å². The number of pyridine rings is 1. The molecule has 0 spiro atoms. The van der Waals surface area contributed by atoms with Crippen LogP contribution in [0.1, 0.15) is 47.9 Å². The van der Waals surface area contributed by atoms with Crippen LogP contribution >= 0.6 is 35.0 Å².